The van der Waals surface area contributed by atoms with Crippen LogP contribution < -0.4 is 5.32 Å². The SMILES string of the molecule is O=C(O)C1CN(C2CC[C@@](C(=O)NCc3cc(F)cc(C(F)(F)F)c3)(C3CC3)OC2)CC[C@@H]1c1ccc(F)cc1. The highest BCUT2D eigenvalue weighted by molar-refractivity contribution is 5.86. The Kier molecular flexibility index (Phi) is 7.89. The summed E-state index contributed by atoms with van der Waals surface area (Å²) in [6.07, 6.45) is -1.55. The van der Waals surface area contributed by atoms with Crippen LogP contribution in [0.25, 0.3) is 0 Å². The van der Waals surface area contributed by atoms with Crippen LogP contribution in [-0.2, 0) is 27.0 Å². The zero-order valence-electron chi connectivity index (χ0n) is 21.7. The minimum absolute atomic E-state index is 0.00375. The first kappa shape index (κ1) is 28.5. The van der Waals surface area contributed by atoms with Crippen LogP contribution in [0.15, 0.2) is 42.5 Å². The number of aliphatic carboxylic acids is 1. The fourth-order valence-electron chi connectivity index (χ4n) is 6.22. The Morgan fingerprint density at radius 3 is 2.35 bits per heavy atom. The summed E-state index contributed by atoms with van der Waals surface area (Å²) in [6, 6.07) is 8.04. The van der Waals surface area contributed by atoms with Crippen LogP contribution in [0.5, 0.6) is 0 Å². The van der Waals surface area contributed by atoms with Crippen LogP contribution in [0, 0.1) is 23.5 Å². The molecule has 0 spiro atoms. The van der Waals surface area contributed by atoms with Gasteiger partial charge in [0.2, 0.25) is 0 Å². The number of ether oxygens (including phenoxy) is 1. The molecular weight excluding hydrogens is 535 g/mol. The van der Waals surface area contributed by atoms with Crippen LogP contribution in [0.4, 0.5) is 22.0 Å². The number of carboxylic acid groups (broad SMARTS) is 1. The Morgan fingerprint density at radius 2 is 1.75 bits per heavy atom. The Hall–Kier alpha value is -3.05. The molecule has 0 radical (unpaired) electrons. The fourth-order valence-corrected chi connectivity index (χ4v) is 6.22. The van der Waals surface area contributed by atoms with Crippen molar-refractivity contribution in [3.05, 3.63) is 70.8 Å². The van der Waals surface area contributed by atoms with Crippen molar-refractivity contribution in [2.24, 2.45) is 11.8 Å². The van der Waals surface area contributed by atoms with Crippen molar-refractivity contribution in [3.63, 3.8) is 0 Å². The summed E-state index contributed by atoms with van der Waals surface area (Å²) >= 11 is 0. The number of rotatable bonds is 7. The van der Waals surface area contributed by atoms with E-state index in [9.17, 15) is 36.6 Å². The van der Waals surface area contributed by atoms with Crippen molar-refractivity contribution >= 4 is 11.9 Å². The second-order valence-corrected chi connectivity index (χ2v) is 11.1. The van der Waals surface area contributed by atoms with E-state index >= 15 is 0 Å². The third kappa shape index (κ3) is 6.00. The Morgan fingerprint density at radius 1 is 1.02 bits per heavy atom. The standard InChI is InChI=1S/C29H31F5N2O4/c30-21-5-1-18(2-6-21)24-8-10-36(15-25(24)26(37)38)23-7-9-28(40-16-23,19-3-4-19)27(39)35-14-17-11-20(29(32,33)34)13-22(31)12-17/h1-2,5-6,11-13,19,23-25H,3-4,7-10,14-16H2,(H,35,39)(H,37,38)/t23?,24-,25?,28+/m1/s1. The summed E-state index contributed by atoms with van der Waals surface area (Å²) in [6.45, 7) is 0.881. The number of likely N-dealkylation sites (tertiary alicyclic amines) is 1. The highest BCUT2D eigenvalue weighted by Gasteiger charge is 2.54. The molecule has 2 aliphatic heterocycles. The molecule has 3 fully saturated rings. The molecule has 0 bridgehead atoms. The normalized spacial score (nSPS) is 27.8. The van der Waals surface area contributed by atoms with Gasteiger partial charge in [-0.1, -0.05) is 12.1 Å². The Balaban J connectivity index is 1.22. The molecule has 216 valence electrons. The van der Waals surface area contributed by atoms with Gasteiger partial charge in [-0.2, -0.15) is 13.2 Å². The Bertz CT molecular complexity index is 1240. The summed E-state index contributed by atoms with van der Waals surface area (Å²) in [5.41, 5.74) is -1.44. The molecule has 2 unspecified atom stereocenters. The molecule has 4 atom stereocenters. The van der Waals surface area contributed by atoms with Crippen LogP contribution in [0.1, 0.15) is 54.7 Å². The number of hydrogen-bond donors (Lipinski definition) is 2. The maximum Gasteiger partial charge on any atom is 0.416 e. The molecular formula is C29H31F5N2O4. The van der Waals surface area contributed by atoms with Gasteiger partial charge in [0.25, 0.3) is 5.91 Å². The lowest BCUT2D eigenvalue weighted by Gasteiger charge is -2.46. The summed E-state index contributed by atoms with van der Waals surface area (Å²) in [4.78, 5) is 27.5. The van der Waals surface area contributed by atoms with E-state index < -0.39 is 41.0 Å². The fraction of sp³-hybridized carbons (Fsp3) is 0.517. The third-order valence-electron chi connectivity index (χ3n) is 8.52. The number of carboxylic acids is 1. The molecule has 5 rings (SSSR count). The molecule has 2 aromatic rings. The summed E-state index contributed by atoms with van der Waals surface area (Å²) in [7, 11) is 0. The van der Waals surface area contributed by atoms with Gasteiger partial charge in [0.1, 0.15) is 17.2 Å². The van der Waals surface area contributed by atoms with Crippen molar-refractivity contribution in [1.82, 2.24) is 10.2 Å². The minimum atomic E-state index is -4.70. The van der Waals surface area contributed by atoms with Gasteiger partial charge >= 0.3 is 12.1 Å². The van der Waals surface area contributed by atoms with Gasteiger partial charge in [-0.15, -0.1) is 0 Å². The van der Waals surface area contributed by atoms with Gasteiger partial charge in [-0.05, 0) is 91.9 Å². The molecule has 6 nitrogen and oxygen atoms in total. The molecule has 3 aliphatic rings. The van der Waals surface area contributed by atoms with Gasteiger partial charge in [-0.3, -0.25) is 14.5 Å². The molecule has 2 N–H and O–H groups in total. The third-order valence-corrected chi connectivity index (χ3v) is 8.52. The van der Waals surface area contributed by atoms with Crippen LogP contribution >= 0.6 is 0 Å². The zero-order chi connectivity index (χ0) is 28.7. The van der Waals surface area contributed by atoms with E-state index in [4.69, 9.17) is 4.74 Å². The number of carbonyl (C=O) groups excluding carboxylic acids is 1. The monoisotopic (exact) mass is 566 g/mol. The van der Waals surface area contributed by atoms with Gasteiger partial charge in [0, 0.05) is 19.1 Å². The Labute approximate surface area is 228 Å². The number of benzene rings is 2. The summed E-state index contributed by atoms with van der Waals surface area (Å²) in [5, 5.41) is 12.6. The number of carbonyl (C=O) groups is 2. The average molecular weight is 567 g/mol. The van der Waals surface area contributed by atoms with E-state index in [1.165, 1.54) is 12.1 Å². The first-order valence-electron chi connectivity index (χ1n) is 13.5. The van der Waals surface area contributed by atoms with E-state index in [1.807, 2.05) is 0 Å². The van der Waals surface area contributed by atoms with E-state index in [1.54, 1.807) is 12.1 Å². The van der Waals surface area contributed by atoms with E-state index in [-0.39, 0.29) is 42.4 Å². The lowest BCUT2D eigenvalue weighted by Crippen LogP contribution is -2.58. The lowest BCUT2D eigenvalue weighted by atomic mass is 9.79. The second-order valence-electron chi connectivity index (χ2n) is 11.1. The number of hydrogen-bond acceptors (Lipinski definition) is 4. The van der Waals surface area contributed by atoms with Crippen molar-refractivity contribution in [2.45, 2.75) is 62.4 Å². The molecule has 2 heterocycles. The number of piperidine rings is 1. The van der Waals surface area contributed by atoms with E-state index in [0.29, 0.717) is 38.4 Å². The van der Waals surface area contributed by atoms with Crippen molar-refractivity contribution in [2.75, 3.05) is 19.7 Å². The van der Waals surface area contributed by atoms with E-state index in [0.717, 1.165) is 30.5 Å². The maximum absolute atomic E-state index is 13.8. The molecule has 2 saturated heterocycles. The highest BCUT2D eigenvalue weighted by Crippen LogP contribution is 2.47. The van der Waals surface area contributed by atoms with Gasteiger partial charge < -0.3 is 15.2 Å². The predicted octanol–water partition coefficient (Wildman–Crippen LogP) is 5.12. The number of amides is 1. The van der Waals surface area contributed by atoms with Crippen LogP contribution in [0.3, 0.4) is 0 Å². The maximum atomic E-state index is 13.8. The molecule has 11 heteroatoms. The van der Waals surface area contributed by atoms with E-state index in [2.05, 4.69) is 10.2 Å². The number of halogens is 5. The van der Waals surface area contributed by atoms with Gasteiger partial charge in [0.15, 0.2) is 0 Å². The minimum Gasteiger partial charge on any atom is -0.481 e. The lowest BCUT2D eigenvalue weighted by molar-refractivity contribution is -0.166. The molecule has 1 aliphatic carbocycles. The zero-order valence-corrected chi connectivity index (χ0v) is 21.7. The molecule has 2 aromatic carbocycles. The van der Waals surface area contributed by atoms with Gasteiger partial charge in [-0.25, -0.2) is 8.78 Å². The average Bonchev–Trinajstić information content (AvgIpc) is 3.77. The van der Waals surface area contributed by atoms with Crippen LogP contribution in [-0.4, -0.2) is 53.2 Å². The van der Waals surface area contributed by atoms with Crippen molar-refractivity contribution in [3.8, 4) is 0 Å². The van der Waals surface area contributed by atoms with Gasteiger partial charge in [0.05, 0.1) is 18.1 Å². The molecule has 0 aromatic heterocycles. The smallest absolute Gasteiger partial charge is 0.416 e. The summed E-state index contributed by atoms with van der Waals surface area (Å²) < 4.78 is 72.6. The quantitative estimate of drug-likeness (QED) is 0.455. The molecule has 1 amide bonds. The first-order chi connectivity index (χ1) is 19.0. The first-order valence-corrected chi connectivity index (χ1v) is 13.5. The second kappa shape index (κ2) is 11.1. The number of nitrogens with one attached hydrogen (secondary N) is 1. The number of nitrogens with zero attached hydrogens (tertiary/aromatic N) is 1. The van der Waals surface area contributed by atoms with Crippen molar-refractivity contribution in [1.29, 1.82) is 0 Å². The topological polar surface area (TPSA) is 78.9 Å². The molecule has 40 heavy (non-hydrogen) atoms. The highest BCUT2D eigenvalue weighted by atomic mass is 19.4. The van der Waals surface area contributed by atoms with Crippen LogP contribution in [0.2, 0.25) is 0 Å². The van der Waals surface area contributed by atoms with Crippen molar-refractivity contribution < 1.29 is 41.4 Å². The molecule has 1 saturated carbocycles. The summed E-state index contributed by atoms with van der Waals surface area (Å²) in [5.74, 6) is -3.68. The number of alkyl halides is 3. The predicted molar refractivity (Wildman–Crippen MR) is 134 cm³/mol. The largest absolute Gasteiger partial charge is 0.481 e.